The van der Waals surface area contributed by atoms with Crippen molar-refractivity contribution in [2.75, 3.05) is 26.8 Å². The Labute approximate surface area is 223 Å². The van der Waals surface area contributed by atoms with E-state index in [0.717, 1.165) is 48.2 Å². The third-order valence-corrected chi connectivity index (χ3v) is 7.21. The molecule has 1 aromatic heterocycles. The Bertz CT molecular complexity index is 1430. The van der Waals surface area contributed by atoms with Crippen LogP contribution >= 0.6 is 0 Å². The summed E-state index contributed by atoms with van der Waals surface area (Å²) in [5.41, 5.74) is 8.98. The van der Waals surface area contributed by atoms with Crippen molar-refractivity contribution in [3.63, 3.8) is 0 Å². The van der Waals surface area contributed by atoms with Crippen molar-refractivity contribution in [3.05, 3.63) is 82.9 Å². The minimum atomic E-state index is -0.392. The number of aromatic nitrogens is 2. The van der Waals surface area contributed by atoms with Crippen LogP contribution in [0.4, 0.5) is 0 Å². The van der Waals surface area contributed by atoms with Crippen molar-refractivity contribution in [1.29, 1.82) is 0 Å². The van der Waals surface area contributed by atoms with Gasteiger partial charge in [0.1, 0.15) is 6.61 Å². The van der Waals surface area contributed by atoms with Gasteiger partial charge in [0.25, 0.3) is 5.89 Å². The number of hydrogen-bond acceptors (Lipinski definition) is 7. The maximum Gasteiger partial charge on any atom is 0.258 e. The number of Topliss-reactive ketones (excluding diaryl/α,β-unsaturated/α-hetero) is 1. The van der Waals surface area contributed by atoms with Gasteiger partial charge in [-0.15, -0.1) is 0 Å². The van der Waals surface area contributed by atoms with Crippen LogP contribution in [0.25, 0.3) is 34.0 Å². The van der Waals surface area contributed by atoms with Gasteiger partial charge in [-0.2, -0.15) is 4.98 Å². The van der Waals surface area contributed by atoms with Crippen LogP contribution in [0.2, 0.25) is 0 Å². The fraction of sp³-hybridized carbons (Fsp3) is 0.323. The molecule has 1 N–H and O–H groups in total. The minimum Gasteiger partial charge on any atom is -0.389 e. The second-order valence-corrected chi connectivity index (χ2v) is 9.70. The molecule has 0 fully saturated rings. The molecule has 0 atom stereocenters. The van der Waals surface area contributed by atoms with Crippen molar-refractivity contribution in [2.24, 2.45) is 0 Å². The van der Waals surface area contributed by atoms with Gasteiger partial charge < -0.3 is 14.4 Å². The summed E-state index contributed by atoms with van der Waals surface area (Å²) in [6, 6.07) is 20.9. The van der Waals surface area contributed by atoms with Crippen molar-refractivity contribution in [2.45, 2.75) is 39.3 Å². The maximum atomic E-state index is 11.5. The van der Waals surface area contributed by atoms with Gasteiger partial charge in [0.15, 0.2) is 5.78 Å². The van der Waals surface area contributed by atoms with Gasteiger partial charge >= 0.3 is 0 Å². The van der Waals surface area contributed by atoms with Gasteiger partial charge in [0.2, 0.25) is 5.82 Å². The molecule has 0 amide bonds. The number of aliphatic hydroxyl groups is 1. The minimum absolute atomic E-state index is 0.125. The first-order valence-electron chi connectivity index (χ1n) is 13.1. The second kappa shape index (κ2) is 11.8. The Morgan fingerprint density at radius 2 is 1.84 bits per heavy atom. The molecule has 0 bridgehead atoms. The number of nitrogens with zero attached hydrogens (tertiary/aromatic N) is 3. The molecule has 1 aliphatic rings. The second-order valence-electron chi connectivity index (χ2n) is 9.70. The van der Waals surface area contributed by atoms with E-state index in [-0.39, 0.29) is 5.78 Å². The van der Waals surface area contributed by atoms with Crippen LogP contribution in [0.15, 0.2) is 65.2 Å². The fourth-order valence-corrected chi connectivity index (χ4v) is 5.12. The number of hydrogen-bond donors (Lipinski definition) is 1. The number of carbonyl (C=O) groups is 1. The molecule has 3 aromatic carbocycles. The predicted molar refractivity (Wildman–Crippen MR) is 146 cm³/mol. The summed E-state index contributed by atoms with van der Waals surface area (Å²) < 4.78 is 11.2. The van der Waals surface area contributed by atoms with E-state index in [1.807, 2.05) is 12.1 Å². The molecule has 1 aliphatic heterocycles. The van der Waals surface area contributed by atoms with Gasteiger partial charge in [-0.05, 0) is 64.4 Å². The largest absolute Gasteiger partial charge is 0.389 e. The zero-order valence-electron chi connectivity index (χ0n) is 21.9. The lowest BCUT2D eigenvalue weighted by Crippen LogP contribution is -2.32. The molecule has 0 aliphatic carbocycles. The lowest BCUT2D eigenvalue weighted by Gasteiger charge is -2.28. The molecule has 0 saturated carbocycles. The zero-order chi connectivity index (χ0) is 26.5. The lowest BCUT2D eigenvalue weighted by molar-refractivity contribution is -0.122. The van der Waals surface area contributed by atoms with E-state index < -0.39 is 6.61 Å². The molecule has 0 radical (unpaired) electrons. The molecule has 0 saturated heterocycles. The third kappa shape index (κ3) is 5.60. The van der Waals surface area contributed by atoms with Crippen LogP contribution in [-0.4, -0.2) is 52.7 Å². The summed E-state index contributed by atoms with van der Waals surface area (Å²) in [7, 11) is 1.70. The van der Waals surface area contributed by atoms with Crippen molar-refractivity contribution >= 4 is 5.78 Å². The molecular formula is C31H33N3O4. The standard InChI is InChI=1S/C31H33N3O4/c1-3-21-6-4-5-7-28(21)29-11-10-24(17-26(29)20-37-2)31-32-30(33-38-31)23-9-8-22-12-14-34(18-25(22)16-23)15-13-27(36)19-35/h4-11,16-17,35H,3,12-15,18-20H2,1-2H3. The van der Waals surface area contributed by atoms with Gasteiger partial charge in [-0.1, -0.05) is 54.5 Å². The van der Waals surface area contributed by atoms with E-state index in [9.17, 15) is 4.79 Å². The Morgan fingerprint density at radius 3 is 2.66 bits per heavy atom. The molecule has 0 unspecified atom stereocenters. The smallest absolute Gasteiger partial charge is 0.258 e. The average molecular weight is 512 g/mol. The summed E-state index contributed by atoms with van der Waals surface area (Å²) in [6.07, 6.45) is 2.25. The van der Waals surface area contributed by atoms with E-state index in [1.165, 1.54) is 22.3 Å². The number of ether oxygens (including phenoxy) is 1. The highest BCUT2D eigenvalue weighted by Gasteiger charge is 2.20. The quantitative estimate of drug-likeness (QED) is 0.317. The highest BCUT2D eigenvalue weighted by atomic mass is 16.5. The summed E-state index contributed by atoms with van der Waals surface area (Å²) in [4.78, 5) is 18.5. The molecule has 7 nitrogen and oxygen atoms in total. The number of aliphatic hydroxyl groups excluding tert-OH is 1. The number of methoxy groups -OCH3 is 1. The topological polar surface area (TPSA) is 88.7 Å². The van der Waals surface area contributed by atoms with Crippen LogP contribution in [0.1, 0.15) is 35.6 Å². The number of fused-ring (bicyclic) bond motifs is 1. The van der Waals surface area contributed by atoms with E-state index in [0.29, 0.717) is 31.3 Å². The van der Waals surface area contributed by atoms with Crippen molar-refractivity contribution in [3.8, 4) is 34.0 Å². The van der Waals surface area contributed by atoms with Gasteiger partial charge in [0.05, 0.1) is 6.61 Å². The van der Waals surface area contributed by atoms with E-state index >= 15 is 0 Å². The van der Waals surface area contributed by atoms with Crippen LogP contribution in [-0.2, 0) is 35.5 Å². The lowest BCUT2D eigenvalue weighted by atomic mass is 9.93. The Morgan fingerprint density at radius 1 is 1.03 bits per heavy atom. The fourth-order valence-electron chi connectivity index (χ4n) is 5.12. The third-order valence-electron chi connectivity index (χ3n) is 7.21. The van der Waals surface area contributed by atoms with Crippen molar-refractivity contribution in [1.82, 2.24) is 15.0 Å². The average Bonchev–Trinajstić information content (AvgIpc) is 3.46. The highest BCUT2D eigenvalue weighted by molar-refractivity contribution is 5.79. The summed E-state index contributed by atoms with van der Waals surface area (Å²) in [6.45, 7) is 4.56. The summed E-state index contributed by atoms with van der Waals surface area (Å²) >= 11 is 0. The zero-order valence-corrected chi connectivity index (χ0v) is 21.9. The van der Waals surface area contributed by atoms with Crippen LogP contribution < -0.4 is 0 Å². The summed E-state index contributed by atoms with van der Waals surface area (Å²) in [5.74, 6) is 0.888. The van der Waals surface area contributed by atoms with E-state index in [2.05, 4.69) is 65.5 Å². The van der Waals surface area contributed by atoms with Gasteiger partial charge in [-0.3, -0.25) is 9.69 Å². The van der Waals surface area contributed by atoms with Gasteiger partial charge in [0, 0.05) is 44.3 Å². The first-order valence-corrected chi connectivity index (χ1v) is 13.1. The molecule has 7 heteroatoms. The molecule has 4 aromatic rings. The molecule has 2 heterocycles. The van der Waals surface area contributed by atoms with Crippen LogP contribution in [0.5, 0.6) is 0 Å². The van der Waals surface area contributed by atoms with Crippen molar-refractivity contribution < 1.29 is 19.2 Å². The Kier molecular flexibility index (Phi) is 8.08. The number of aryl methyl sites for hydroxylation is 1. The number of rotatable bonds is 10. The van der Waals surface area contributed by atoms with E-state index in [1.54, 1.807) is 7.11 Å². The molecule has 196 valence electrons. The highest BCUT2D eigenvalue weighted by Crippen LogP contribution is 2.32. The molecule has 0 spiro atoms. The summed E-state index contributed by atoms with van der Waals surface area (Å²) in [5, 5.41) is 13.3. The van der Waals surface area contributed by atoms with Crippen LogP contribution in [0.3, 0.4) is 0 Å². The predicted octanol–water partition coefficient (Wildman–Crippen LogP) is 5.09. The molecule has 5 rings (SSSR count). The first-order chi connectivity index (χ1) is 18.6. The van der Waals surface area contributed by atoms with E-state index in [4.69, 9.17) is 19.4 Å². The maximum absolute atomic E-state index is 11.5. The first kappa shape index (κ1) is 26.0. The molecular weight excluding hydrogens is 478 g/mol. The Hall–Kier alpha value is -3.65. The molecule has 38 heavy (non-hydrogen) atoms. The van der Waals surface area contributed by atoms with Crippen LogP contribution in [0, 0.1) is 0 Å². The SMILES string of the molecule is CCc1ccccc1-c1ccc(-c2nc(-c3ccc4c(c3)CN(CCC(=O)CO)CC4)no2)cc1COC. The Balaban J connectivity index is 1.39. The monoisotopic (exact) mass is 511 g/mol. The normalized spacial score (nSPS) is 13.4. The number of benzene rings is 3. The number of carbonyl (C=O) groups excluding carboxylic acids is 1. The number of ketones is 1. The van der Waals surface area contributed by atoms with Gasteiger partial charge in [-0.25, -0.2) is 0 Å².